The zero-order valence-electron chi connectivity index (χ0n) is 12.9. The molecular formula is C18H16N2O3. The summed E-state index contributed by atoms with van der Waals surface area (Å²) in [6, 6.07) is 14.4. The van der Waals surface area contributed by atoms with Crippen LogP contribution in [-0.4, -0.2) is 22.4 Å². The summed E-state index contributed by atoms with van der Waals surface area (Å²) in [5.74, 6) is 0.707. The van der Waals surface area contributed by atoms with Crippen LogP contribution in [0.5, 0.6) is 5.75 Å². The van der Waals surface area contributed by atoms with Crippen LogP contribution >= 0.6 is 0 Å². The van der Waals surface area contributed by atoms with Gasteiger partial charge in [0.15, 0.2) is 5.78 Å². The van der Waals surface area contributed by atoms with Crippen molar-refractivity contribution >= 4 is 5.78 Å². The van der Waals surface area contributed by atoms with Gasteiger partial charge in [-0.3, -0.25) is 9.36 Å². The van der Waals surface area contributed by atoms with E-state index in [0.29, 0.717) is 11.3 Å². The maximum absolute atomic E-state index is 12.2. The Morgan fingerprint density at radius 1 is 1.13 bits per heavy atom. The molecule has 1 heterocycles. The van der Waals surface area contributed by atoms with Crippen molar-refractivity contribution in [3.63, 3.8) is 0 Å². The fraction of sp³-hybridized carbons (Fsp3) is 0.111. The molecule has 1 aromatic heterocycles. The van der Waals surface area contributed by atoms with Gasteiger partial charge in [-0.25, -0.2) is 4.79 Å². The standard InChI is InChI=1S/C18H16N2O3/c1-12(21)14-4-3-5-15(10-14)20-17(11-19-18(20)22)13-6-8-16(23-2)9-7-13/h3-11H,1-2H3,(H,19,22). The lowest BCUT2D eigenvalue weighted by Gasteiger charge is -2.09. The number of imidazole rings is 1. The molecule has 0 aliphatic carbocycles. The molecule has 0 saturated carbocycles. The Kier molecular flexibility index (Phi) is 3.85. The van der Waals surface area contributed by atoms with E-state index >= 15 is 0 Å². The highest BCUT2D eigenvalue weighted by molar-refractivity contribution is 5.94. The van der Waals surface area contributed by atoms with Crippen molar-refractivity contribution in [1.29, 1.82) is 0 Å². The lowest BCUT2D eigenvalue weighted by Crippen LogP contribution is -2.16. The zero-order chi connectivity index (χ0) is 16.4. The Morgan fingerprint density at radius 2 is 1.87 bits per heavy atom. The smallest absolute Gasteiger partial charge is 0.330 e. The van der Waals surface area contributed by atoms with Gasteiger partial charge in [0.05, 0.1) is 18.5 Å². The first kappa shape index (κ1) is 14.8. The van der Waals surface area contributed by atoms with Crippen LogP contribution in [0, 0.1) is 0 Å². The van der Waals surface area contributed by atoms with Gasteiger partial charge in [0.1, 0.15) is 5.75 Å². The van der Waals surface area contributed by atoms with E-state index in [0.717, 1.165) is 17.0 Å². The average molecular weight is 308 g/mol. The number of nitrogens with zero attached hydrogens (tertiary/aromatic N) is 1. The minimum Gasteiger partial charge on any atom is -0.497 e. The van der Waals surface area contributed by atoms with Gasteiger partial charge in [-0.1, -0.05) is 12.1 Å². The van der Waals surface area contributed by atoms with Crippen molar-refractivity contribution < 1.29 is 9.53 Å². The van der Waals surface area contributed by atoms with E-state index in [4.69, 9.17) is 4.74 Å². The number of nitrogens with one attached hydrogen (secondary N) is 1. The molecule has 5 nitrogen and oxygen atoms in total. The molecule has 3 aromatic rings. The van der Waals surface area contributed by atoms with Crippen molar-refractivity contribution in [2.45, 2.75) is 6.92 Å². The first-order valence-corrected chi connectivity index (χ1v) is 7.16. The molecule has 116 valence electrons. The number of rotatable bonds is 4. The van der Waals surface area contributed by atoms with E-state index in [1.165, 1.54) is 6.92 Å². The number of ketones is 1. The summed E-state index contributed by atoms with van der Waals surface area (Å²) >= 11 is 0. The molecule has 5 heteroatoms. The normalized spacial score (nSPS) is 10.5. The molecule has 3 rings (SSSR count). The number of carbonyl (C=O) groups excluding carboxylic acids is 1. The summed E-state index contributed by atoms with van der Waals surface area (Å²) < 4.78 is 6.70. The van der Waals surface area contributed by atoms with E-state index in [1.54, 1.807) is 42.1 Å². The van der Waals surface area contributed by atoms with Gasteiger partial charge < -0.3 is 9.72 Å². The summed E-state index contributed by atoms with van der Waals surface area (Å²) in [6.07, 6.45) is 1.66. The summed E-state index contributed by atoms with van der Waals surface area (Å²) in [6.45, 7) is 1.50. The second-order valence-electron chi connectivity index (χ2n) is 5.15. The van der Waals surface area contributed by atoms with Crippen molar-refractivity contribution in [2.75, 3.05) is 7.11 Å². The maximum atomic E-state index is 12.2. The number of H-pyrrole nitrogens is 1. The quantitative estimate of drug-likeness (QED) is 0.753. The number of methoxy groups -OCH3 is 1. The lowest BCUT2D eigenvalue weighted by atomic mass is 10.1. The second kappa shape index (κ2) is 5.96. The van der Waals surface area contributed by atoms with Crippen LogP contribution in [-0.2, 0) is 0 Å². The first-order valence-electron chi connectivity index (χ1n) is 7.16. The van der Waals surface area contributed by atoms with Crippen LogP contribution in [0.3, 0.4) is 0 Å². The van der Waals surface area contributed by atoms with E-state index in [1.807, 2.05) is 24.3 Å². The van der Waals surface area contributed by atoms with Crippen LogP contribution in [0.2, 0.25) is 0 Å². The fourth-order valence-corrected chi connectivity index (χ4v) is 2.46. The molecule has 2 aromatic carbocycles. The predicted octanol–water partition coefficient (Wildman–Crippen LogP) is 3.04. The predicted molar refractivity (Wildman–Crippen MR) is 88.4 cm³/mol. The fourth-order valence-electron chi connectivity index (χ4n) is 2.46. The summed E-state index contributed by atoms with van der Waals surface area (Å²) in [5.41, 5.74) is 2.55. The van der Waals surface area contributed by atoms with E-state index in [2.05, 4.69) is 4.98 Å². The summed E-state index contributed by atoms with van der Waals surface area (Å²) in [4.78, 5) is 26.5. The van der Waals surface area contributed by atoms with Gasteiger partial charge >= 0.3 is 5.69 Å². The van der Waals surface area contributed by atoms with Crippen molar-refractivity contribution in [3.8, 4) is 22.7 Å². The average Bonchev–Trinajstić information content (AvgIpc) is 2.96. The number of hydrogen-bond donors (Lipinski definition) is 1. The van der Waals surface area contributed by atoms with Gasteiger partial charge in [-0.05, 0) is 43.3 Å². The number of aromatic amines is 1. The third-order valence-electron chi connectivity index (χ3n) is 3.67. The third-order valence-corrected chi connectivity index (χ3v) is 3.67. The highest BCUT2D eigenvalue weighted by Crippen LogP contribution is 2.23. The topological polar surface area (TPSA) is 64.1 Å². The minimum atomic E-state index is -0.253. The van der Waals surface area contributed by atoms with Crippen LogP contribution in [0.25, 0.3) is 16.9 Å². The molecule has 0 aliphatic heterocycles. The Bertz CT molecular complexity index is 905. The second-order valence-corrected chi connectivity index (χ2v) is 5.15. The molecule has 0 fully saturated rings. The minimum absolute atomic E-state index is 0.0403. The van der Waals surface area contributed by atoms with E-state index in [9.17, 15) is 9.59 Å². The Morgan fingerprint density at radius 3 is 2.52 bits per heavy atom. The van der Waals surface area contributed by atoms with Gasteiger partial charge in [-0.15, -0.1) is 0 Å². The van der Waals surface area contributed by atoms with Gasteiger partial charge in [0.2, 0.25) is 0 Å². The molecule has 0 radical (unpaired) electrons. The lowest BCUT2D eigenvalue weighted by molar-refractivity contribution is 0.101. The van der Waals surface area contributed by atoms with Crippen LogP contribution in [0.15, 0.2) is 59.5 Å². The first-order chi connectivity index (χ1) is 11.1. The van der Waals surface area contributed by atoms with Crippen LogP contribution in [0.1, 0.15) is 17.3 Å². The molecule has 0 unspecified atom stereocenters. The Balaban J connectivity index is 2.13. The SMILES string of the molecule is COc1ccc(-c2c[nH]c(=O)n2-c2cccc(C(C)=O)c2)cc1. The van der Waals surface area contributed by atoms with Crippen molar-refractivity contribution in [2.24, 2.45) is 0 Å². The monoisotopic (exact) mass is 308 g/mol. The molecule has 1 N–H and O–H groups in total. The summed E-state index contributed by atoms with van der Waals surface area (Å²) in [7, 11) is 1.61. The molecule has 23 heavy (non-hydrogen) atoms. The molecule has 0 bridgehead atoms. The van der Waals surface area contributed by atoms with Crippen LogP contribution in [0.4, 0.5) is 0 Å². The number of carbonyl (C=O) groups is 1. The molecular weight excluding hydrogens is 292 g/mol. The summed E-state index contributed by atoms with van der Waals surface area (Å²) in [5, 5.41) is 0. The van der Waals surface area contributed by atoms with Crippen molar-refractivity contribution in [3.05, 3.63) is 70.8 Å². The molecule has 0 aliphatic rings. The highest BCUT2D eigenvalue weighted by atomic mass is 16.5. The largest absolute Gasteiger partial charge is 0.497 e. The zero-order valence-corrected chi connectivity index (χ0v) is 12.9. The molecule has 0 saturated heterocycles. The number of ether oxygens (including phenoxy) is 1. The number of benzene rings is 2. The van der Waals surface area contributed by atoms with Crippen molar-refractivity contribution in [1.82, 2.24) is 9.55 Å². The number of aromatic nitrogens is 2. The van der Waals surface area contributed by atoms with Gasteiger partial charge in [0, 0.05) is 17.3 Å². The number of hydrogen-bond acceptors (Lipinski definition) is 3. The molecule has 0 spiro atoms. The Hall–Kier alpha value is -3.08. The third kappa shape index (κ3) is 2.81. The van der Waals surface area contributed by atoms with Crippen LogP contribution < -0.4 is 10.4 Å². The van der Waals surface area contributed by atoms with E-state index < -0.39 is 0 Å². The molecule has 0 atom stereocenters. The maximum Gasteiger partial charge on any atom is 0.330 e. The van der Waals surface area contributed by atoms with Gasteiger partial charge in [0.25, 0.3) is 0 Å². The Labute approximate surface area is 133 Å². The highest BCUT2D eigenvalue weighted by Gasteiger charge is 2.12. The van der Waals surface area contributed by atoms with Gasteiger partial charge in [-0.2, -0.15) is 0 Å². The number of Topliss-reactive ketones (excluding diaryl/α,β-unsaturated/α-hetero) is 1. The van der Waals surface area contributed by atoms with E-state index in [-0.39, 0.29) is 11.5 Å². The molecule has 0 amide bonds.